The van der Waals surface area contributed by atoms with Gasteiger partial charge < -0.3 is 15.0 Å². The van der Waals surface area contributed by atoms with Crippen LogP contribution in [0, 0.1) is 12.7 Å². The normalized spacial score (nSPS) is 14.6. The quantitative estimate of drug-likeness (QED) is 0.297. The smallest absolute Gasteiger partial charge is 0.245 e. The van der Waals surface area contributed by atoms with Crippen LogP contribution < -0.4 is 15.6 Å². The highest BCUT2D eigenvalue weighted by atomic mass is 19.1. The second-order valence-electron chi connectivity index (χ2n) is 8.65. The van der Waals surface area contributed by atoms with Crippen molar-refractivity contribution in [1.29, 1.82) is 0 Å². The van der Waals surface area contributed by atoms with E-state index >= 15 is 0 Å². The van der Waals surface area contributed by atoms with E-state index in [0.717, 1.165) is 40.1 Å². The van der Waals surface area contributed by atoms with Crippen LogP contribution in [0.4, 0.5) is 27.5 Å². The van der Waals surface area contributed by atoms with Gasteiger partial charge in [-0.25, -0.2) is 14.8 Å². The van der Waals surface area contributed by atoms with Gasteiger partial charge in [-0.05, 0) is 62.7 Å². The lowest BCUT2D eigenvalue weighted by Crippen LogP contribution is -2.37. The minimum atomic E-state index is -0.479. The topological polar surface area (TPSA) is 99.9 Å². The number of ether oxygens (including phenoxy) is 1. The molecular weight excluding hydrogens is 483 g/mol. The maximum atomic E-state index is 14.2. The molecule has 9 nitrogen and oxygen atoms in total. The van der Waals surface area contributed by atoms with Crippen molar-refractivity contribution in [2.24, 2.45) is 10.1 Å². The van der Waals surface area contributed by atoms with Crippen LogP contribution in [0.1, 0.15) is 30.7 Å². The molecule has 0 saturated carbocycles. The number of morpholine rings is 1. The lowest BCUT2D eigenvalue weighted by atomic mass is 10.1. The Morgan fingerprint density at radius 1 is 1.13 bits per heavy atom. The fourth-order valence-corrected chi connectivity index (χ4v) is 3.77. The number of anilines is 4. The Labute approximate surface area is 221 Å². The number of aromatic nitrogens is 3. The molecule has 0 spiro atoms. The molecule has 1 saturated heterocycles. The van der Waals surface area contributed by atoms with Crippen LogP contribution in [0.5, 0.6) is 0 Å². The molecule has 1 aliphatic heterocycles. The number of aryl methyl sites for hydroxylation is 1. The molecule has 3 aromatic rings. The third-order valence-corrected chi connectivity index (χ3v) is 5.75. The van der Waals surface area contributed by atoms with E-state index in [2.05, 4.69) is 54.5 Å². The van der Waals surface area contributed by atoms with Crippen molar-refractivity contribution >= 4 is 35.1 Å². The molecular formula is C28H31FN8O. The van der Waals surface area contributed by atoms with Crippen molar-refractivity contribution in [3.8, 4) is 0 Å². The Hall–Kier alpha value is -4.44. The molecule has 0 radical (unpaired) electrons. The van der Waals surface area contributed by atoms with E-state index < -0.39 is 5.82 Å². The first kappa shape index (κ1) is 26.6. The predicted octanol–water partition coefficient (Wildman–Crippen LogP) is 5.24. The summed E-state index contributed by atoms with van der Waals surface area (Å²) >= 11 is 0. The molecule has 0 bridgehead atoms. The largest absolute Gasteiger partial charge is 0.378 e. The second-order valence-corrected chi connectivity index (χ2v) is 8.65. The van der Waals surface area contributed by atoms with Gasteiger partial charge in [-0.2, -0.15) is 10.1 Å². The first-order valence-electron chi connectivity index (χ1n) is 12.3. The summed E-state index contributed by atoms with van der Waals surface area (Å²) in [6, 6.07) is 9.91. The third-order valence-electron chi connectivity index (χ3n) is 5.75. The van der Waals surface area contributed by atoms with E-state index in [9.17, 15) is 4.39 Å². The van der Waals surface area contributed by atoms with Gasteiger partial charge in [-0.15, -0.1) is 0 Å². The average Bonchev–Trinajstić information content (AvgIpc) is 2.93. The SMILES string of the molecule is C=CC(=N/C(C)=C\C)c1cc(C)cc(Nc2ccc(/C=N/Nc3ncc(F)c(N4CCOCC4)n3)nc2)c1. The van der Waals surface area contributed by atoms with Crippen LogP contribution in [0.15, 0.2) is 77.2 Å². The van der Waals surface area contributed by atoms with Crippen LogP contribution in [0.3, 0.4) is 0 Å². The van der Waals surface area contributed by atoms with Crippen molar-refractivity contribution in [3.63, 3.8) is 0 Å². The number of nitrogens with zero attached hydrogens (tertiary/aromatic N) is 6. The number of hydrazone groups is 1. The van der Waals surface area contributed by atoms with Crippen LogP contribution >= 0.6 is 0 Å². The van der Waals surface area contributed by atoms with Crippen molar-refractivity contribution in [3.05, 3.63) is 89.8 Å². The summed E-state index contributed by atoms with van der Waals surface area (Å²) in [6.45, 7) is 12.1. The summed E-state index contributed by atoms with van der Waals surface area (Å²) in [7, 11) is 0. The predicted molar refractivity (Wildman–Crippen MR) is 151 cm³/mol. The first-order valence-corrected chi connectivity index (χ1v) is 12.3. The van der Waals surface area contributed by atoms with Crippen LogP contribution in [-0.2, 0) is 4.74 Å². The Balaban J connectivity index is 1.41. The Kier molecular flexibility index (Phi) is 8.89. The number of pyridine rings is 1. The summed E-state index contributed by atoms with van der Waals surface area (Å²) in [4.78, 5) is 19.1. The van der Waals surface area contributed by atoms with Crippen molar-refractivity contribution in [2.75, 3.05) is 41.9 Å². The van der Waals surface area contributed by atoms with Crippen molar-refractivity contribution in [1.82, 2.24) is 15.0 Å². The molecule has 0 atom stereocenters. The standard InChI is InChI=1S/C28H31FN8O/c1-5-20(4)33-26(6-2)21-13-19(3)14-24(15-21)34-23-8-7-22(30-16-23)17-32-36-28-31-18-25(29)27(35-28)37-9-11-38-12-10-37/h5-8,13-18,34H,2,9-12H2,1,3-4H3,(H,31,35,36)/b20-5-,32-17+,33-26?. The van der Waals surface area contributed by atoms with Crippen molar-refractivity contribution in [2.45, 2.75) is 20.8 Å². The van der Waals surface area contributed by atoms with Gasteiger partial charge in [-0.1, -0.05) is 12.7 Å². The number of rotatable bonds is 9. The molecule has 10 heteroatoms. The minimum Gasteiger partial charge on any atom is -0.378 e. The van der Waals surface area contributed by atoms with Crippen LogP contribution in [-0.4, -0.2) is 53.2 Å². The number of nitrogens with one attached hydrogen (secondary N) is 2. The number of halogens is 1. The van der Waals surface area contributed by atoms with Crippen LogP contribution in [0.2, 0.25) is 0 Å². The molecule has 196 valence electrons. The third kappa shape index (κ3) is 7.07. The zero-order chi connectivity index (χ0) is 26.9. The molecule has 4 rings (SSSR count). The number of aliphatic imine (C=N–C) groups is 1. The first-order chi connectivity index (χ1) is 18.4. The zero-order valence-electron chi connectivity index (χ0n) is 21.8. The molecule has 0 amide bonds. The zero-order valence-corrected chi connectivity index (χ0v) is 21.8. The lowest BCUT2D eigenvalue weighted by molar-refractivity contribution is 0.122. The molecule has 2 aromatic heterocycles. The van der Waals surface area contributed by atoms with Gasteiger partial charge in [0.05, 0.1) is 48.9 Å². The molecule has 1 fully saturated rings. The number of hydrogen-bond donors (Lipinski definition) is 2. The lowest BCUT2D eigenvalue weighted by Gasteiger charge is -2.27. The maximum absolute atomic E-state index is 14.2. The van der Waals surface area contributed by atoms with E-state index in [-0.39, 0.29) is 11.8 Å². The summed E-state index contributed by atoms with van der Waals surface area (Å²) in [6.07, 6.45) is 8.12. The van der Waals surface area contributed by atoms with E-state index in [1.807, 2.05) is 49.9 Å². The van der Waals surface area contributed by atoms with E-state index in [0.29, 0.717) is 32.0 Å². The van der Waals surface area contributed by atoms with Gasteiger partial charge in [0.25, 0.3) is 0 Å². The second kappa shape index (κ2) is 12.7. The minimum absolute atomic E-state index is 0.199. The summed E-state index contributed by atoms with van der Waals surface area (Å²) in [5.74, 6) is -0.0464. The molecule has 2 N–H and O–H groups in total. The molecule has 0 unspecified atom stereocenters. The van der Waals surface area contributed by atoms with Gasteiger partial charge in [-0.3, -0.25) is 9.98 Å². The summed E-state index contributed by atoms with van der Waals surface area (Å²) in [5, 5.41) is 7.54. The Morgan fingerprint density at radius 3 is 2.66 bits per heavy atom. The summed E-state index contributed by atoms with van der Waals surface area (Å²) in [5.41, 5.74) is 8.93. The van der Waals surface area contributed by atoms with E-state index in [1.54, 1.807) is 18.5 Å². The molecule has 1 aliphatic rings. The molecule has 38 heavy (non-hydrogen) atoms. The van der Waals surface area contributed by atoms with Crippen LogP contribution in [0.25, 0.3) is 0 Å². The monoisotopic (exact) mass is 514 g/mol. The fourth-order valence-electron chi connectivity index (χ4n) is 3.77. The number of benzene rings is 1. The number of hydrogen-bond acceptors (Lipinski definition) is 9. The van der Waals surface area contributed by atoms with Crippen molar-refractivity contribution < 1.29 is 9.13 Å². The molecule has 1 aromatic carbocycles. The summed E-state index contributed by atoms with van der Waals surface area (Å²) < 4.78 is 19.5. The van der Waals surface area contributed by atoms with Gasteiger partial charge >= 0.3 is 0 Å². The molecule has 0 aliphatic carbocycles. The van der Waals surface area contributed by atoms with E-state index in [1.165, 1.54) is 0 Å². The van der Waals surface area contributed by atoms with Gasteiger partial charge in [0.15, 0.2) is 11.6 Å². The highest BCUT2D eigenvalue weighted by molar-refractivity contribution is 6.09. The highest BCUT2D eigenvalue weighted by Crippen LogP contribution is 2.21. The molecule has 3 heterocycles. The average molecular weight is 515 g/mol. The number of allylic oxidation sites excluding steroid dienone is 3. The van der Waals surface area contributed by atoms with Gasteiger partial charge in [0, 0.05) is 30.0 Å². The van der Waals surface area contributed by atoms with E-state index in [4.69, 9.17) is 4.74 Å². The Morgan fingerprint density at radius 2 is 1.95 bits per heavy atom. The highest BCUT2D eigenvalue weighted by Gasteiger charge is 2.17. The maximum Gasteiger partial charge on any atom is 0.245 e. The fraction of sp³-hybridized carbons (Fsp3) is 0.250. The van der Waals surface area contributed by atoms with Gasteiger partial charge in [0.1, 0.15) is 0 Å². The van der Waals surface area contributed by atoms with Gasteiger partial charge in [0.2, 0.25) is 5.95 Å². The Bertz CT molecular complexity index is 1360.